The van der Waals surface area contributed by atoms with Gasteiger partial charge in [0.05, 0.1) is 32.2 Å². The Bertz CT molecular complexity index is 1880. The fourth-order valence-electron chi connectivity index (χ4n) is 5.57. The Morgan fingerprint density at radius 2 is 1.73 bits per heavy atom. The van der Waals surface area contributed by atoms with Gasteiger partial charge in [-0.25, -0.2) is 4.98 Å². The van der Waals surface area contributed by atoms with Crippen molar-refractivity contribution < 1.29 is 4.57 Å². The molecule has 0 atom stereocenters. The molecule has 0 radical (unpaired) electrons. The number of anilines is 2. The quantitative estimate of drug-likeness (QED) is 0.208. The van der Waals surface area contributed by atoms with E-state index in [0.717, 1.165) is 47.1 Å². The lowest BCUT2D eigenvalue weighted by Crippen LogP contribution is -2.37. The van der Waals surface area contributed by atoms with E-state index in [2.05, 4.69) is 21.3 Å². The molecule has 0 amide bonds. The van der Waals surface area contributed by atoms with E-state index in [1.54, 1.807) is 18.2 Å². The van der Waals surface area contributed by atoms with Gasteiger partial charge < -0.3 is 19.4 Å². The maximum Gasteiger partial charge on any atom is 0.258 e. The average molecular weight is 606 g/mol. The molecule has 0 aliphatic carbocycles. The molecule has 210 valence electrons. The summed E-state index contributed by atoms with van der Waals surface area (Å²) in [6.07, 6.45) is 5.43. The Balaban J connectivity index is 1.24. The molecule has 1 saturated heterocycles. The third-order valence-corrected chi connectivity index (χ3v) is 11.7. The van der Waals surface area contributed by atoms with E-state index in [9.17, 15) is 9.36 Å². The number of halogens is 2. The first kappa shape index (κ1) is 27.8. The molecule has 0 spiro atoms. The highest BCUT2D eigenvalue weighted by Crippen LogP contribution is 2.46. The van der Waals surface area contributed by atoms with Crippen LogP contribution >= 0.6 is 30.3 Å². The van der Waals surface area contributed by atoms with E-state index in [1.165, 1.54) is 0 Å². The van der Waals surface area contributed by atoms with E-state index in [-0.39, 0.29) is 5.56 Å². The van der Waals surface area contributed by atoms with E-state index in [1.807, 2.05) is 67.1 Å². The second kappa shape index (κ2) is 11.1. The summed E-state index contributed by atoms with van der Waals surface area (Å²) in [6, 6.07) is 19.0. The normalized spacial score (nSPS) is 15.7. The number of rotatable bonds is 6. The molecule has 2 N–H and O–H groups in total. The number of nitrogens with zero attached hydrogens (tertiary/aromatic N) is 3. The lowest BCUT2D eigenvalue weighted by molar-refractivity contribution is 0.328. The zero-order valence-corrected chi connectivity index (χ0v) is 25.2. The predicted molar refractivity (Wildman–Crippen MR) is 172 cm³/mol. The number of aryl methyl sites for hydroxylation is 2. The fourth-order valence-corrected chi connectivity index (χ4v) is 8.73. The van der Waals surface area contributed by atoms with E-state index >= 15 is 0 Å². The topological polar surface area (TPSA) is 83.0 Å². The molecule has 0 unspecified atom stereocenters. The van der Waals surface area contributed by atoms with Gasteiger partial charge in [0, 0.05) is 50.0 Å². The van der Waals surface area contributed by atoms with E-state index in [0.29, 0.717) is 44.9 Å². The summed E-state index contributed by atoms with van der Waals surface area (Å²) in [4.78, 5) is 23.5. The first-order valence-electron chi connectivity index (χ1n) is 13.5. The monoisotopic (exact) mass is 605 g/mol. The standard InChI is InChI=1S/C31H30Cl2N5O2P/c1-20-22-13-14-26-29(37(2)31(35-26)36-28-23(32)10-6-11-24(28)33)27(22)30(39)34-25(20)12-7-15-38-16-18-41(40,19-17-38)21-8-4-3-5-9-21/h3-14H,15-19H2,1-2H3,(H,34,39)(H,35,36)/b12-7-. The molecular weight excluding hydrogens is 576 g/mol. The number of benzene rings is 3. The Kier molecular flexibility index (Phi) is 7.56. The van der Waals surface area contributed by atoms with Crippen molar-refractivity contribution in [3.63, 3.8) is 0 Å². The number of H-pyrrole nitrogens is 1. The molecule has 0 saturated carbocycles. The van der Waals surface area contributed by atoms with Crippen molar-refractivity contribution in [3.8, 4) is 0 Å². The number of aromatic amines is 1. The van der Waals surface area contributed by atoms with Crippen LogP contribution in [0.5, 0.6) is 0 Å². The number of fused-ring (bicyclic) bond motifs is 3. The number of aromatic nitrogens is 3. The molecule has 41 heavy (non-hydrogen) atoms. The van der Waals surface area contributed by atoms with Crippen molar-refractivity contribution in [1.82, 2.24) is 19.4 Å². The van der Waals surface area contributed by atoms with Crippen molar-refractivity contribution in [2.45, 2.75) is 6.92 Å². The van der Waals surface area contributed by atoms with Gasteiger partial charge in [-0.2, -0.15) is 0 Å². The molecule has 7 nitrogen and oxygen atoms in total. The molecule has 5 aromatic rings. The summed E-state index contributed by atoms with van der Waals surface area (Å²) in [5, 5.41) is 6.62. The van der Waals surface area contributed by atoms with Gasteiger partial charge in [0.25, 0.3) is 5.56 Å². The number of nitrogens with one attached hydrogen (secondary N) is 2. The van der Waals surface area contributed by atoms with Crippen LogP contribution in [0.3, 0.4) is 0 Å². The van der Waals surface area contributed by atoms with Crippen molar-refractivity contribution in [2.75, 3.05) is 37.3 Å². The molecule has 1 aliphatic rings. The van der Waals surface area contributed by atoms with Crippen molar-refractivity contribution in [1.29, 1.82) is 0 Å². The number of hydrogen-bond donors (Lipinski definition) is 2. The first-order chi connectivity index (χ1) is 19.7. The second-order valence-corrected chi connectivity index (χ2v) is 14.4. The Morgan fingerprint density at radius 3 is 2.44 bits per heavy atom. The van der Waals surface area contributed by atoms with Gasteiger partial charge in [-0.3, -0.25) is 9.69 Å². The van der Waals surface area contributed by atoms with E-state index < -0.39 is 7.14 Å². The van der Waals surface area contributed by atoms with Crippen molar-refractivity contribution in [2.24, 2.45) is 7.05 Å². The van der Waals surface area contributed by atoms with Crippen LogP contribution in [0.15, 0.2) is 71.5 Å². The van der Waals surface area contributed by atoms with Crippen LogP contribution in [0.2, 0.25) is 10.0 Å². The third kappa shape index (κ3) is 5.24. The van der Waals surface area contributed by atoms with E-state index in [4.69, 9.17) is 28.2 Å². The zero-order chi connectivity index (χ0) is 28.7. The third-order valence-electron chi connectivity index (χ3n) is 7.95. The van der Waals surface area contributed by atoms with Crippen molar-refractivity contribution in [3.05, 3.63) is 98.4 Å². The fraction of sp³-hybridized carbons (Fsp3) is 0.226. The van der Waals surface area contributed by atoms with Gasteiger partial charge in [-0.1, -0.05) is 71.7 Å². The minimum absolute atomic E-state index is 0.178. The largest absolute Gasteiger partial charge is 0.323 e. The maximum absolute atomic E-state index is 13.4. The molecular formula is C31H30Cl2N5O2P. The summed E-state index contributed by atoms with van der Waals surface area (Å²) in [5.74, 6) is 0.530. The maximum atomic E-state index is 13.4. The molecule has 1 fully saturated rings. The number of hydrogen-bond acceptors (Lipinski definition) is 5. The Labute approximate surface area is 248 Å². The first-order valence-corrected chi connectivity index (χ1v) is 16.3. The highest BCUT2D eigenvalue weighted by molar-refractivity contribution is 7.71. The van der Waals surface area contributed by atoms with Gasteiger partial charge >= 0.3 is 0 Å². The van der Waals surface area contributed by atoms with Gasteiger partial charge in [-0.05, 0) is 42.1 Å². The van der Waals surface area contributed by atoms with Gasteiger partial charge in [-0.15, -0.1) is 0 Å². The summed E-state index contributed by atoms with van der Waals surface area (Å²) in [7, 11) is -0.460. The number of para-hydroxylation sites is 1. The molecule has 1 aliphatic heterocycles. The second-order valence-electron chi connectivity index (χ2n) is 10.4. The minimum Gasteiger partial charge on any atom is -0.323 e. The number of pyridine rings is 1. The van der Waals surface area contributed by atoms with Crippen LogP contribution < -0.4 is 16.2 Å². The lowest BCUT2D eigenvalue weighted by Gasteiger charge is -2.31. The van der Waals surface area contributed by atoms with Gasteiger partial charge in [0.15, 0.2) is 0 Å². The highest BCUT2D eigenvalue weighted by Gasteiger charge is 2.29. The minimum atomic E-state index is -2.32. The Morgan fingerprint density at radius 1 is 1.02 bits per heavy atom. The lowest BCUT2D eigenvalue weighted by atomic mass is 10.0. The van der Waals surface area contributed by atoms with Crippen LogP contribution in [0.1, 0.15) is 11.3 Å². The summed E-state index contributed by atoms with van der Waals surface area (Å²) in [5.41, 5.74) is 3.56. The highest BCUT2D eigenvalue weighted by atomic mass is 35.5. The molecule has 10 heteroatoms. The summed E-state index contributed by atoms with van der Waals surface area (Å²) < 4.78 is 15.3. The van der Waals surface area contributed by atoms with Crippen LogP contribution in [-0.4, -0.2) is 51.4 Å². The molecule has 0 bridgehead atoms. The Hall–Kier alpha value is -3.35. The summed E-state index contributed by atoms with van der Waals surface area (Å²) in [6.45, 7) is 4.32. The zero-order valence-electron chi connectivity index (χ0n) is 22.8. The summed E-state index contributed by atoms with van der Waals surface area (Å²) >= 11 is 12.7. The van der Waals surface area contributed by atoms with Gasteiger partial charge in [0.2, 0.25) is 5.95 Å². The number of imidazole rings is 1. The van der Waals surface area contributed by atoms with Crippen molar-refractivity contribution >= 4 is 75.2 Å². The average Bonchev–Trinajstić information content (AvgIpc) is 3.29. The van der Waals surface area contributed by atoms with Crippen LogP contribution in [-0.2, 0) is 11.6 Å². The molecule has 3 heterocycles. The molecule has 2 aromatic heterocycles. The van der Waals surface area contributed by atoms with Gasteiger partial charge in [0.1, 0.15) is 7.14 Å². The predicted octanol–water partition coefficient (Wildman–Crippen LogP) is 6.79. The van der Waals surface area contributed by atoms with Crippen LogP contribution in [0.25, 0.3) is 27.9 Å². The van der Waals surface area contributed by atoms with Crippen LogP contribution in [0, 0.1) is 6.92 Å². The smallest absolute Gasteiger partial charge is 0.258 e. The molecule has 6 rings (SSSR count). The SMILES string of the molecule is Cc1c(/C=C\CN2CCP(=O)(c3ccccc3)CC2)[nH]c(=O)c2c1ccc1nc(Nc3c(Cl)cccc3Cl)n(C)c12. The van der Waals surface area contributed by atoms with Crippen LogP contribution in [0.4, 0.5) is 11.6 Å². The molecule has 3 aromatic carbocycles.